The van der Waals surface area contributed by atoms with Gasteiger partial charge in [0.2, 0.25) is 0 Å². The minimum absolute atomic E-state index is 0.0430. The Hall–Kier alpha value is -0.990. The molecule has 0 bridgehead atoms. The molecule has 108 valence electrons. The maximum atomic E-state index is 12.3. The van der Waals surface area contributed by atoms with Gasteiger partial charge in [-0.05, 0) is 44.0 Å². The van der Waals surface area contributed by atoms with Crippen molar-refractivity contribution in [1.82, 2.24) is 0 Å². The van der Waals surface area contributed by atoms with Crippen molar-refractivity contribution in [2.45, 2.75) is 12.5 Å². The fourth-order valence-electron chi connectivity index (χ4n) is 1.58. The highest BCUT2D eigenvalue weighted by atomic mass is 79.9. The summed E-state index contributed by atoms with van der Waals surface area (Å²) in [5.74, 6) is -0.391. The van der Waals surface area contributed by atoms with Gasteiger partial charge in [-0.3, -0.25) is 0 Å². The highest BCUT2D eigenvalue weighted by Crippen LogP contribution is 2.37. The highest BCUT2D eigenvalue weighted by molar-refractivity contribution is 9.13. The minimum Gasteiger partial charge on any atom is -0.450 e. The van der Waals surface area contributed by atoms with Crippen LogP contribution in [0.2, 0.25) is 0 Å². The molecule has 0 radical (unpaired) electrons. The first-order valence-corrected chi connectivity index (χ1v) is 6.84. The molecule has 2 rings (SSSR count). The van der Waals surface area contributed by atoms with Crippen molar-refractivity contribution in [2.24, 2.45) is 0 Å². The molecule has 0 spiro atoms. The molecule has 1 heterocycles. The molecule has 1 atom stereocenters. The normalized spacial score (nSPS) is 13.3. The Morgan fingerprint density at radius 1 is 1.20 bits per heavy atom. The minimum atomic E-state index is -4.83. The van der Waals surface area contributed by atoms with Gasteiger partial charge in [0, 0.05) is 5.56 Å². The van der Waals surface area contributed by atoms with Crippen LogP contribution in [0.5, 0.6) is 5.75 Å². The van der Waals surface area contributed by atoms with E-state index in [0.717, 1.165) is 6.07 Å². The molecular weight excluding hydrogens is 409 g/mol. The molecule has 3 nitrogen and oxygen atoms in total. The fraction of sp³-hybridized carbons (Fsp3) is 0.167. The van der Waals surface area contributed by atoms with E-state index in [0.29, 0.717) is 9.14 Å². The molecule has 0 amide bonds. The van der Waals surface area contributed by atoms with Gasteiger partial charge in [-0.15, -0.1) is 13.2 Å². The van der Waals surface area contributed by atoms with Gasteiger partial charge >= 0.3 is 6.36 Å². The summed E-state index contributed by atoms with van der Waals surface area (Å²) in [7, 11) is 0. The number of hydrogen-bond acceptors (Lipinski definition) is 3. The number of halogens is 5. The molecule has 0 saturated carbocycles. The molecule has 0 aliphatic heterocycles. The van der Waals surface area contributed by atoms with Crippen LogP contribution in [0.1, 0.15) is 17.4 Å². The molecule has 2 aromatic rings. The number of benzene rings is 1. The van der Waals surface area contributed by atoms with Crippen molar-refractivity contribution in [3.63, 3.8) is 0 Å². The molecule has 20 heavy (non-hydrogen) atoms. The lowest BCUT2D eigenvalue weighted by molar-refractivity contribution is -0.275. The van der Waals surface area contributed by atoms with E-state index in [4.69, 9.17) is 4.42 Å². The SMILES string of the molecule is OC(c1cc(Br)c(Br)o1)c1ccccc1OC(F)(F)F. The average molecular weight is 416 g/mol. The lowest BCUT2D eigenvalue weighted by atomic mass is 10.1. The van der Waals surface area contributed by atoms with Gasteiger partial charge in [-0.2, -0.15) is 0 Å². The summed E-state index contributed by atoms with van der Waals surface area (Å²) >= 11 is 6.25. The summed E-state index contributed by atoms with van der Waals surface area (Å²) in [4.78, 5) is 0. The topological polar surface area (TPSA) is 42.6 Å². The molecule has 0 aliphatic rings. The van der Waals surface area contributed by atoms with Crippen molar-refractivity contribution in [2.75, 3.05) is 0 Å². The Morgan fingerprint density at radius 2 is 1.85 bits per heavy atom. The van der Waals surface area contributed by atoms with E-state index >= 15 is 0 Å². The standard InChI is InChI=1S/C12H7Br2F3O3/c13-7-5-9(19-11(7)14)10(18)6-3-1-2-4-8(6)20-12(15,16)17/h1-5,10,18H. The number of rotatable bonds is 3. The van der Waals surface area contributed by atoms with Crippen molar-refractivity contribution in [3.05, 3.63) is 50.8 Å². The number of alkyl halides is 3. The Kier molecular flexibility index (Phi) is 4.46. The molecule has 8 heteroatoms. The lowest BCUT2D eigenvalue weighted by Crippen LogP contribution is -2.18. The molecule has 0 saturated heterocycles. The third-order valence-corrected chi connectivity index (χ3v) is 4.08. The number of hydrogen-bond donors (Lipinski definition) is 1. The second kappa shape index (κ2) is 5.79. The average Bonchev–Trinajstić information content (AvgIpc) is 2.67. The molecule has 1 unspecified atom stereocenters. The zero-order chi connectivity index (χ0) is 14.9. The van der Waals surface area contributed by atoms with E-state index in [1.165, 1.54) is 24.3 Å². The Morgan fingerprint density at radius 3 is 2.40 bits per heavy atom. The maximum absolute atomic E-state index is 12.3. The highest BCUT2D eigenvalue weighted by Gasteiger charge is 2.33. The van der Waals surface area contributed by atoms with Crippen LogP contribution in [0.3, 0.4) is 0 Å². The van der Waals surface area contributed by atoms with Crippen molar-refractivity contribution in [3.8, 4) is 5.75 Å². The lowest BCUT2D eigenvalue weighted by Gasteiger charge is -2.15. The smallest absolute Gasteiger partial charge is 0.450 e. The van der Waals surface area contributed by atoms with Crippen LogP contribution in [0.15, 0.2) is 43.9 Å². The van der Waals surface area contributed by atoms with Crippen molar-refractivity contribution < 1.29 is 27.4 Å². The van der Waals surface area contributed by atoms with E-state index in [1.54, 1.807) is 0 Å². The van der Waals surface area contributed by atoms with Crippen molar-refractivity contribution >= 4 is 31.9 Å². The van der Waals surface area contributed by atoms with Gasteiger partial charge in [0.1, 0.15) is 17.6 Å². The molecule has 1 aromatic heterocycles. The summed E-state index contributed by atoms with van der Waals surface area (Å²) in [6.45, 7) is 0. The van der Waals surface area contributed by atoms with Gasteiger partial charge < -0.3 is 14.3 Å². The fourth-order valence-corrected chi connectivity index (χ4v) is 2.18. The Bertz CT molecular complexity index is 591. The van der Waals surface area contributed by atoms with E-state index in [9.17, 15) is 18.3 Å². The molecule has 0 fully saturated rings. The van der Waals surface area contributed by atoms with Crippen LogP contribution in [0.25, 0.3) is 0 Å². The van der Waals surface area contributed by atoms with Crippen LogP contribution in [0.4, 0.5) is 13.2 Å². The number of furan rings is 1. The predicted molar refractivity (Wildman–Crippen MR) is 71.3 cm³/mol. The van der Waals surface area contributed by atoms with Gasteiger partial charge in [-0.1, -0.05) is 18.2 Å². The first-order chi connectivity index (χ1) is 9.28. The zero-order valence-electron chi connectivity index (χ0n) is 9.62. The van der Waals surface area contributed by atoms with Gasteiger partial charge in [0.15, 0.2) is 4.67 Å². The molecule has 1 aromatic carbocycles. The summed E-state index contributed by atoms with van der Waals surface area (Å²) < 4.78 is 46.9. The zero-order valence-corrected chi connectivity index (χ0v) is 12.8. The Balaban J connectivity index is 2.37. The summed E-state index contributed by atoms with van der Waals surface area (Å²) in [6.07, 6.45) is -6.21. The molecule has 0 aliphatic carbocycles. The van der Waals surface area contributed by atoms with Crippen LogP contribution in [0, 0.1) is 0 Å². The summed E-state index contributed by atoms with van der Waals surface area (Å²) in [5.41, 5.74) is -0.0430. The Labute approximate surface area is 128 Å². The first kappa shape index (κ1) is 15.4. The van der Waals surface area contributed by atoms with Crippen LogP contribution < -0.4 is 4.74 Å². The van der Waals surface area contributed by atoms with E-state index < -0.39 is 18.2 Å². The predicted octanol–water partition coefficient (Wildman–Crippen LogP) is 4.78. The maximum Gasteiger partial charge on any atom is 0.573 e. The number of aliphatic hydroxyl groups excluding tert-OH is 1. The molecule has 1 N–H and O–H groups in total. The van der Waals surface area contributed by atoms with Gasteiger partial charge in [-0.25, -0.2) is 0 Å². The van der Waals surface area contributed by atoms with E-state index in [1.807, 2.05) is 0 Å². The van der Waals surface area contributed by atoms with Crippen LogP contribution >= 0.6 is 31.9 Å². The second-order valence-corrected chi connectivity index (χ2v) is 5.33. The summed E-state index contributed by atoms with van der Waals surface area (Å²) in [5, 5.41) is 10.1. The number of aliphatic hydroxyl groups is 1. The number of para-hydroxylation sites is 1. The largest absolute Gasteiger partial charge is 0.573 e. The second-order valence-electron chi connectivity index (χ2n) is 3.76. The van der Waals surface area contributed by atoms with Crippen LogP contribution in [-0.2, 0) is 0 Å². The first-order valence-electron chi connectivity index (χ1n) is 5.25. The molecular formula is C12H7Br2F3O3. The third kappa shape index (κ3) is 3.56. The van der Waals surface area contributed by atoms with Crippen molar-refractivity contribution in [1.29, 1.82) is 0 Å². The third-order valence-electron chi connectivity index (χ3n) is 2.37. The van der Waals surface area contributed by atoms with E-state index in [2.05, 4.69) is 36.6 Å². The van der Waals surface area contributed by atoms with Crippen LogP contribution in [-0.4, -0.2) is 11.5 Å². The summed E-state index contributed by atoms with van der Waals surface area (Å²) in [6, 6.07) is 6.79. The van der Waals surface area contributed by atoms with Gasteiger partial charge in [0.25, 0.3) is 0 Å². The quantitative estimate of drug-likeness (QED) is 0.784. The number of ether oxygens (including phenoxy) is 1. The van der Waals surface area contributed by atoms with Gasteiger partial charge in [0.05, 0.1) is 4.47 Å². The van der Waals surface area contributed by atoms with E-state index in [-0.39, 0.29) is 11.3 Å². The monoisotopic (exact) mass is 414 g/mol.